The third kappa shape index (κ3) is 3.02. The molecule has 3 aromatic rings. The molecular formula is C16H10F2N4O2. The lowest BCUT2D eigenvalue weighted by Crippen LogP contribution is -2.26. The molecule has 24 heavy (non-hydrogen) atoms. The zero-order valence-electron chi connectivity index (χ0n) is 12.1. The van der Waals surface area contributed by atoms with E-state index in [2.05, 4.69) is 15.3 Å². The minimum atomic E-state index is -1.09. The summed E-state index contributed by atoms with van der Waals surface area (Å²) in [5.41, 5.74) is -0.468. The monoisotopic (exact) mass is 328 g/mol. The molecule has 1 amide bonds. The van der Waals surface area contributed by atoms with E-state index in [0.29, 0.717) is 0 Å². The molecule has 0 aliphatic rings. The Bertz CT molecular complexity index is 958. The van der Waals surface area contributed by atoms with Crippen molar-refractivity contribution in [2.24, 2.45) is 0 Å². The fourth-order valence-corrected chi connectivity index (χ4v) is 2.00. The second-order valence-corrected chi connectivity index (χ2v) is 4.72. The van der Waals surface area contributed by atoms with Crippen LogP contribution in [0.3, 0.4) is 0 Å². The van der Waals surface area contributed by atoms with Gasteiger partial charge in [0, 0.05) is 24.7 Å². The first-order valence-electron chi connectivity index (χ1n) is 6.82. The van der Waals surface area contributed by atoms with E-state index >= 15 is 0 Å². The minimum Gasteiger partial charge on any atom is -0.301 e. The van der Waals surface area contributed by atoms with E-state index < -0.39 is 23.1 Å². The van der Waals surface area contributed by atoms with Crippen molar-refractivity contribution >= 4 is 11.7 Å². The third-order valence-corrected chi connectivity index (χ3v) is 3.15. The third-order valence-electron chi connectivity index (χ3n) is 3.15. The molecule has 0 spiro atoms. The van der Waals surface area contributed by atoms with Gasteiger partial charge in [-0.1, -0.05) is 6.07 Å². The Morgan fingerprint density at radius 2 is 1.88 bits per heavy atom. The number of carbonyl (C=O) groups excluding carboxylic acids is 1. The number of rotatable bonds is 3. The van der Waals surface area contributed by atoms with Crippen LogP contribution in [-0.2, 0) is 0 Å². The fourth-order valence-electron chi connectivity index (χ4n) is 2.00. The molecule has 0 bridgehead atoms. The number of hydrogen-bond donors (Lipinski definition) is 1. The van der Waals surface area contributed by atoms with Crippen molar-refractivity contribution in [3.63, 3.8) is 0 Å². The average Bonchev–Trinajstić information content (AvgIpc) is 2.60. The van der Waals surface area contributed by atoms with Crippen LogP contribution < -0.4 is 10.9 Å². The van der Waals surface area contributed by atoms with Crippen molar-refractivity contribution in [3.05, 3.63) is 82.7 Å². The first-order valence-corrected chi connectivity index (χ1v) is 6.82. The molecule has 1 aromatic carbocycles. The molecule has 0 aliphatic carbocycles. The van der Waals surface area contributed by atoms with Gasteiger partial charge in [-0.3, -0.25) is 19.1 Å². The maximum atomic E-state index is 13.3. The number of nitrogens with one attached hydrogen (secondary N) is 1. The van der Waals surface area contributed by atoms with Crippen molar-refractivity contribution in [1.29, 1.82) is 0 Å². The number of benzene rings is 1. The van der Waals surface area contributed by atoms with E-state index in [9.17, 15) is 18.4 Å². The maximum absolute atomic E-state index is 13.3. The maximum Gasteiger partial charge on any atom is 0.298 e. The van der Waals surface area contributed by atoms with Crippen LogP contribution in [0, 0.1) is 11.6 Å². The normalized spacial score (nSPS) is 10.4. The molecule has 0 radical (unpaired) electrons. The van der Waals surface area contributed by atoms with Gasteiger partial charge >= 0.3 is 0 Å². The number of nitrogens with zero attached hydrogens (tertiary/aromatic N) is 3. The Balaban J connectivity index is 1.95. The van der Waals surface area contributed by atoms with Gasteiger partial charge < -0.3 is 5.32 Å². The molecule has 0 fully saturated rings. The van der Waals surface area contributed by atoms with Gasteiger partial charge in [-0.2, -0.15) is 0 Å². The number of hydrogen-bond acceptors (Lipinski definition) is 4. The van der Waals surface area contributed by atoms with Gasteiger partial charge in [0.2, 0.25) is 0 Å². The number of aromatic nitrogens is 3. The summed E-state index contributed by atoms with van der Waals surface area (Å²) in [5, 5.41) is 2.35. The number of carbonyl (C=O) groups is 1. The topological polar surface area (TPSA) is 76.9 Å². The molecule has 0 saturated carbocycles. The molecule has 0 saturated heterocycles. The van der Waals surface area contributed by atoms with Crippen LogP contribution in [0.4, 0.5) is 14.6 Å². The molecule has 2 heterocycles. The largest absolute Gasteiger partial charge is 0.301 e. The standard InChI is InChI=1S/C16H10F2N4O2/c17-11-5-4-10(9-12(11)18)22-8-7-20-14(16(22)24)21-15(23)13-3-1-2-6-19-13/h1-9H,(H,20,21,23). The number of pyridine rings is 1. The predicted octanol–water partition coefficient (Wildman–Crippen LogP) is 2.16. The van der Waals surface area contributed by atoms with Crippen molar-refractivity contribution in [2.45, 2.75) is 0 Å². The van der Waals surface area contributed by atoms with Crippen molar-refractivity contribution < 1.29 is 13.6 Å². The van der Waals surface area contributed by atoms with Crippen LogP contribution in [-0.4, -0.2) is 20.4 Å². The van der Waals surface area contributed by atoms with Gasteiger partial charge in [-0.05, 0) is 24.3 Å². The highest BCUT2D eigenvalue weighted by atomic mass is 19.2. The van der Waals surface area contributed by atoms with Gasteiger partial charge in [-0.25, -0.2) is 13.8 Å². The summed E-state index contributed by atoms with van der Waals surface area (Å²) in [5.74, 6) is -2.97. The Morgan fingerprint density at radius 1 is 1.04 bits per heavy atom. The van der Waals surface area contributed by atoms with E-state index in [4.69, 9.17) is 0 Å². The van der Waals surface area contributed by atoms with Crippen LogP contribution in [0.5, 0.6) is 0 Å². The zero-order valence-corrected chi connectivity index (χ0v) is 12.1. The molecule has 0 unspecified atom stereocenters. The molecule has 0 aliphatic heterocycles. The Morgan fingerprint density at radius 3 is 2.58 bits per heavy atom. The number of halogens is 2. The smallest absolute Gasteiger partial charge is 0.298 e. The molecule has 6 nitrogen and oxygen atoms in total. The molecule has 3 rings (SSSR count). The van der Waals surface area contributed by atoms with Crippen LogP contribution in [0.1, 0.15) is 10.5 Å². The summed E-state index contributed by atoms with van der Waals surface area (Å²) in [7, 11) is 0. The van der Waals surface area contributed by atoms with Crippen molar-refractivity contribution in [3.8, 4) is 5.69 Å². The summed E-state index contributed by atoms with van der Waals surface area (Å²) in [6.45, 7) is 0. The molecule has 8 heteroatoms. The van der Waals surface area contributed by atoms with Gasteiger partial charge in [0.1, 0.15) is 5.69 Å². The van der Waals surface area contributed by atoms with Crippen LogP contribution in [0.15, 0.2) is 59.8 Å². The molecule has 120 valence electrons. The van der Waals surface area contributed by atoms with Gasteiger partial charge in [0.15, 0.2) is 17.5 Å². The lowest BCUT2D eigenvalue weighted by atomic mass is 10.3. The zero-order chi connectivity index (χ0) is 17.1. The molecule has 2 aromatic heterocycles. The van der Waals surface area contributed by atoms with Gasteiger partial charge in [0.25, 0.3) is 11.5 Å². The Labute approximate surface area is 134 Å². The summed E-state index contributed by atoms with van der Waals surface area (Å²) in [6.07, 6.45) is 3.98. The number of amides is 1. The quantitative estimate of drug-likeness (QED) is 0.799. The lowest BCUT2D eigenvalue weighted by Gasteiger charge is -2.08. The SMILES string of the molecule is O=C(Nc1nccn(-c2ccc(F)c(F)c2)c1=O)c1ccccn1. The molecule has 1 N–H and O–H groups in total. The minimum absolute atomic E-state index is 0.106. The second kappa shape index (κ2) is 6.37. The van der Waals surface area contributed by atoms with E-state index in [1.165, 1.54) is 30.7 Å². The van der Waals surface area contributed by atoms with Gasteiger partial charge in [-0.15, -0.1) is 0 Å². The van der Waals surface area contributed by atoms with Gasteiger partial charge in [0.05, 0.1) is 5.69 Å². The van der Waals surface area contributed by atoms with Crippen molar-refractivity contribution in [2.75, 3.05) is 5.32 Å². The summed E-state index contributed by atoms with van der Waals surface area (Å²) < 4.78 is 27.4. The Hall–Kier alpha value is -3.42. The Kier molecular flexibility index (Phi) is 4.11. The van der Waals surface area contributed by atoms with Crippen LogP contribution >= 0.6 is 0 Å². The van der Waals surface area contributed by atoms with Crippen LogP contribution in [0.2, 0.25) is 0 Å². The predicted molar refractivity (Wildman–Crippen MR) is 81.9 cm³/mol. The summed E-state index contributed by atoms with van der Waals surface area (Å²) in [4.78, 5) is 32.1. The highest BCUT2D eigenvalue weighted by Crippen LogP contribution is 2.12. The first-order chi connectivity index (χ1) is 11.6. The highest BCUT2D eigenvalue weighted by Gasteiger charge is 2.13. The van der Waals surface area contributed by atoms with Crippen LogP contribution in [0.25, 0.3) is 5.69 Å². The molecule has 0 atom stereocenters. The highest BCUT2D eigenvalue weighted by molar-refractivity contribution is 6.02. The molecular weight excluding hydrogens is 318 g/mol. The number of anilines is 1. The lowest BCUT2D eigenvalue weighted by molar-refractivity contribution is 0.102. The fraction of sp³-hybridized carbons (Fsp3) is 0. The first kappa shape index (κ1) is 15.5. The van der Waals surface area contributed by atoms with E-state index in [1.807, 2.05) is 0 Å². The second-order valence-electron chi connectivity index (χ2n) is 4.72. The van der Waals surface area contributed by atoms with E-state index in [1.54, 1.807) is 12.1 Å². The van der Waals surface area contributed by atoms with E-state index in [0.717, 1.165) is 16.7 Å². The summed E-state index contributed by atoms with van der Waals surface area (Å²) >= 11 is 0. The van der Waals surface area contributed by atoms with Crippen molar-refractivity contribution in [1.82, 2.24) is 14.5 Å². The summed E-state index contributed by atoms with van der Waals surface area (Å²) in [6, 6.07) is 7.77. The average molecular weight is 328 g/mol. The van der Waals surface area contributed by atoms with E-state index in [-0.39, 0.29) is 17.2 Å².